The number of rotatable bonds is 26. The molecule has 2 aliphatic rings. The minimum absolute atomic E-state index is 0.0431. The fourth-order valence-electron chi connectivity index (χ4n) is 13.5. The summed E-state index contributed by atoms with van der Waals surface area (Å²) in [7, 11) is -6.05. The second kappa shape index (κ2) is 30.7. The third kappa shape index (κ3) is 15.4. The number of fused-ring (bicyclic) bond motifs is 10. The molecule has 14 heteroatoms. The minimum Gasteiger partial charge on any atom is -0.399 e. The van der Waals surface area contributed by atoms with Crippen LogP contribution in [0.15, 0.2) is 210 Å². The van der Waals surface area contributed by atoms with E-state index in [2.05, 4.69) is 179 Å². The zero-order valence-electron chi connectivity index (χ0n) is 53.6. The normalized spacial score (nSPS) is 13.6. The van der Waals surface area contributed by atoms with Crippen LogP contribution < -0.4 is 8.37 Å². The summed E-state index contributed by atoms with van der Waals surface area (Å²) in [5, 5.41) is 3.65. The predicted molar refractivity (Wildman–Crippen MR) is 372 cm³/mol. The van der Waals surface area contributed by atoms with Gasteiger partial charge in [-0.3, -0.25) is 0 Å². The van der Waals surface area contributed by atoms with E-state index in [-0.39, 0.29) is 18.1 Å². The van der Waals surface area contributed by atoms with Gasteiger partial charge in [-0.1, -0.05) is 223 Å². The Hall–Kier alpha value is -9.12. The molecule has 96 heavy (non-hydrogen) atoms. The molecule has 0 saturated heterocycles. The number of halogens is 6. The van der Waals surface area contributed by atoms with Gasteiger partial charge in [0.05, 0.1) is 0 Å². The lowest BCUT2D eigenvalue weighted by Crippen LogP contribution is -2.28. The molecule has 0 aliphatic heterocycles. The Morgan fingerprint density at radius 3 is 1.43 bits per heavy atom. The number of hydrogen-bond donors (Lipinski definition) is 0. The van der Waals surface area contributed by atoms with E-state index in [9.17, 15) is 34.8 Å². The summed E-state index contributed by atoms with van der Waals surface area (Å²) >= 11 is 0.0431. The van der Waals surface area contributed by atoms with E-state index >= 15 is 0 Å². The van der Waals surface area contributed by atoms with Crippen molar-refractivity contribution in [3.63, 3.8) is 0 Å². The fourth-order valence-corrected chi connectivity index (χ4v) is 14.2. The maximum Gasteiger partial charge on any atom is 0.550 e. The lowest BCUT2D eigenvalue weighted by atomic mass is 9.76. The van der Waals surface area contributed by atoms with E-state index in [0.717, 1.165) is 163 Å². The number of benzene rings is 9. The predicted octanol–water partition coefficient (Wildman–Crippen LogP) is 23.5. The van der Waals surface area contributed by atoms with Gasteiger partial charge in [-0.15, -0.1) is 22.4 Å². The average Bonchev–Trinajstić information content (AvgIpc) is 1.66. The van der Waals surface area contributed by atoms with Crippen molar-refractivity contribution in [2.45, 2.75) is 141 Å². The molecule has 9 aromatic rings. The van der Waals surface area contributed by atoms with E-state index in [1.54, 1.807) is 18.2 Å². The molecular weight excluding hydrogens is 1260 g/mol. The third-order valence-electron chi connectivity index (χ3n) is 17.9. The molecule has 2 aliphatic carbocycles. The van der Waals surface area contributed by atoms with Gasteiger partial charge in [-0.2, -0.15) is 21.6 Å². The number of aryl methyl sites for hydroxylation is 3. The molecule has 11 rings (SSSR count). The monoisotopic (exact) mass is 1330 g/mol. The lowest BCUT2D eigenvalue weighted by Gasteiger charge is -2.26. The van der Waals surface area contributed by atoms with Crippen molar-refractivity contribution in [3.8, 4) is 56.0 Å². The molecule has 0 radical (unpaired) electrons. The smallest absolute Gasteiger partial charge is 0.399 e. The van der Waals surface area contributed by atoms with Crippen LogP contribution in [0.2, 0.25) is 0 Å². The van der Waals surface area contributed by atoms with Crippen LogP contribution in [0.1, 0.15) is 165 Å². The Balaban J connectivity index is 1.19. The standard InChI is InChI=1S/C82H70F6O6S2/c1-5-9-13-15-17-19-21-23-27-57-33-41-61(42-34-57)75-71-53-63(91-95-94-93-81(83,84)85)45-47-65(71)67-49-51-69-74(60-39-31-56(32-40-60)26-12-8-4)80-70(73(79(69)77(67)75)59-37-29-55(30-38-59)25-11-7-3)52-50-68-66-48-46-64(92-96(89,90)82(86,87)88)54-72(66)76(78(68)80)62-43-35-58(36-44-62)28-24-22-20-18-16-14-10-6-2/h27,29-54,75-76H,1,6-8,10-12,14,16,18,20,22,24-26,28H2,2-4H3. The lowest BCUT2D eigenvalue weighted by molar-refractivity contribution is -0.441. The molecule has 0 heterocycles. The Morgan fingerprint density at radius 1 is 0.490 bits per heavy atom. The molecule has 0 aromatic heterocycles. The van der Waals surface area contributed by atoms with Gasteiger partial charge in [0.25, 0.3) is 12.3 Å². The molecule has 488 valence electrons. The van der Waals surface area contributed by atoms with E-state index in [0.29, 0.717) is 5.56 Å². The maximum atomic E-state index is 14.2. The highest BCUT2D eigenvalue weighted by Gasteiger charge is 2.49. The Bertz CT molecular complexity index is 4790. The zero-order valence-corrected chi connectivity index (χ0v) is 55.2. The van der Waals surface area contributed by atoms with Gasteiger partial charge in [0.1, 0.15) is 11.5 Å². The first-order valence-corrected chi connectivity index (χ1v) is 34.7. The quantitative estimate of drug-likeness (QED) is 0.00616. The molecule has 0 fully saturated rings. The van der Waals surface area contributed by atoms with Crippen molar-refractivity contribution in [2.75, 3.05) is 0 Å². The zero-order chi connectivity index (χ0) is 67.4. The summed E-state index contributed by atoms with van der Waals surface area (Å²) in [5.74, 6) is -1.40. The summed E-state index contributed by atoms with van der Waals surface area (Å²) < 4.78 is 122. The molecule has 0 bridgehead atoms. The Morgan fingerprint density at radius 2 is 0.927 bits per heavy atom. The SMILES string of the molecule is C=C=C=C=C=C=C=C=C=Cc1ccc(C2c3cc(OSOOC(F)(F)F)ccc3-c3ccc4c(-c5ccc(CCCC)cc5)c5c6c(ccc5c(-c5ccc(CCCC)cc5)c4c32)-c2ccc(OS(=O)(=O)C(F)(F)F)cc2C6c2ccc(CCCCCCCCCC)cc2)cc1. The molecular formula is C82H70F6O6S2. The average molecular weight is 1330 g/mol. The highest BCUT2D eigenvalue weighted by molar-refractivity contribution is 7.90. The van der Waals surface area contributed by atoms with Gasteiger partial charge in [0.2, 0.25) is 0 Å². The molecule has 0 amide bonds. The van der Waals surface area contributed by atoms with Crippen molar-refractivity contribution in [1.29, 1.82) is 0 Å². The Labute approximate surface area is 561 Å². The van der Waals surface area contributed by atoms with Gasteiger partial charge >= 0.3 is 22.0 Å². The maximum absolute atomic E-state index is 14.2. The van der Waals surface area contributed by atoms with Gasteiger partial charge in [-0.05, 0) is 232 Å². The molecule has 2 atom stereocenters. The van der Waals surface area contributed by atoms with E-state index < -0.39 is 39.6 Å². The van der Waals surface area contributed by atoms with Crippen molar-refractivity contribution in [2.24, 2.45) is 0 Å². The van der Waals surface area contributed by atoms with Crippen LogP contribution in [0.3, 0.4) is 0 Å². The van der Waals surface area contributed by atoms with Gasteiger partial charge in [0.15, 0.2) is 0 Å². The molecule has 0 saturated carbocycles. The second-order valence-corrected chi connectivity index (χ2v) is 26.2. The molecule has 0 N–H and O–H groups in total. The first kappa shape index (κ1) is 68.3. The van der Waals surface area contributed by atoms with E-state index in [1.165, 1.54) is 61.8 Å². The number of alkyl halides is 6. The first-order valence-electron chi connectivity index (χ1n) is 32.6. The van der Waals surface area contributed by atoms with Crippen LogP contribution >= 0.6 is 12.3 Å². The molecule has 2 unspecified atom stereocenters. The summed E-state index contributed by atoms with van der Waals surface area (Å²) in [6.45, 7) is 10.00. The van der Waals surface area contributed by atoms with E-state index in [1.807, 2.05) is 36.4 Å². The van der Waals surface area contributed by atoms with Crippen LogP contribution in [0, 0.1) is 0 Å². The topological polar surface area (TPSA) is 71.1 Å². The van der Waals surface area contributed by atoms with Crippen LogP contribution in [0.25, 0.3) is 72.1 Å². The molecule has 0 spiro atoms. The highest BCUT2D eigenvalue weighted by Crippen LogP contribution is 2.60. The molecule has 6 nitrogen and oxygen atoms in total. The van der Waals surface area contributed by atoms with Crippen molar-refractivity contribution < 1.29 is 52.3 Å². The summed E-state index contributed by atoms with van der Waals surface area (Å²) in [5.41, 5.74) is 32.1. The summed E-state index contributed by atoms with van der Waals surface area (Å²) in [4.78, 5) is 3.58. The largest absolute Gasteiger partial charge is 0.550 e. The van der Waals surface area contributed by atoms with Gasteiger partial charge < -0.3 is 8.37 Å². The Kier molecular flexibility index (Phi) is 21.9. The molecule has 9 aromatic carbocycles. The fraction of sp³-hybridized carbons (Fsp3) is 0.268. The third-order valence-corrected chi connectivity index (χ3v) is 19.2. The number of unbranched alkanes of at least 4 members (excludes halogenated alkanes) is 9. The van der Waals surface area contributed by atoms with Crippen LogP contribution in [-0.2, 0) is 38.6 Å². The van der Waals surface area contributed by atoms with Crippen molar-refractivity contribution >= 4 is 50.1 Å². The highest BCUT2D eigenvalue weighted by atomic mass is 32.2. The summed E-state index contributed by atoms with van der Waals surface area (Å²) in [6.07, 6.45) is 12.8. The van der Waals surface area contributed by atoms with Crippen LogP contribution in [0.5, 0.6) is 11.5 Å². The summed E-state index contributed by atoms with van der Waals surface area (Å²) in [6, 6.07) is 52.3. The number of hydrogen-bond acceptors (Lipinski definition) is 7. The van der Waals surface area contributed by atoms with Crippen molar-refractivity contribution in [1.82, 2.24) is 0 Å². The van der Waals surface area contributed by atoms with Gasteiger partial charge in [0, 0.05) is 11.8 Å². The van der Waals surface area contributed by atoms with Crippen molar-refractivity contribution in [3.05, 3.63) is 266 Å². The first-order chi connectivity index (χ1) is 46.5. The van der Waals surface area contributed by atoms with Crippen LogP contribution in [0.4, 0.5) is 26.3 Å². The minimum atomic E-state index is -6.05. The van der Waals surface area contributed by atoms with Crippen LogP contribution in [-0.4, -0.2) is 20.3 Å². The van der Waals surface area contributed by atoms with E-state index in [4.69, 9.17) is 8.37 Å². The second-order valence-electron chi connectivity index (χ2n) is 24.2. The van der Waals surface area contributed by atoms with Gasteiger partial charge in [-0.25, -0.2) is 0 Å².